The zero-order valence-electron chi connectivity index (χ0n) is 13.8. The Balaban J connectivity index is 1.20. The molecule has 6 nitrogen and oxygen atoms in total. The van der Waals surface area contributed by atoms with Crippen LogP contribution >= 0.6 is 0 Å². The predicted molar refractivity (Wildman–Crippen MR) is 82.5 cm³/mol. The van der Waals surface area contributed by atoms with Gasteiger partial charge in [-0.2, -0.15) is 0 Å². The first-order valence-electron chi connectivity index (χ1n) is 8.75. The summed E-state index contributed by atoms with van der Waals surface area (Å²) in [4.78, 5) is 24.3. The van der Waals surface area contributed by atoms with Gasteiger partial charge in [0.15, 0.2) is 0 Å². The quantitative estimate of drug-likeness (QED) is 0.686. The Bertz CT molecular complexity index is 449. The van der Waals surface area contributed by atoms with E-state index in [1.807, 2.05) is 13.8 Å². The number of hydrogen-bond donors (Lipinski definition) is 2. The van der Waals surface area contributed by atoms with Gasteiger partial charge < -0.3 is 20.1 Å². The summed E-state index contributed by atoms with van der Waals surface area (Å²) in [5, 5.41) is 6.65. The Kier molecular flexibility index (Phi) is 3.65. The standard InChI is InChI=1S/C17H26N2O4/c1-17(2,7-22-15(20)13-9-3-11(13)18-5-9)8-23-16(21)14-10-4-12(14)19-6-10/h9-14,18-19H,3-8H2,1-2H3/t9-,10-,11-,12-,13+,14+/m1/s1. The summed E-state index contributed by atoms with van der Waals surface area (Å²) in [6.45, 7) is 6.39. The van der Waals surface area contributed by atoms with Crippen LogP contribution in [0.1, 0.15) is 26.7 Å². The highest BCUT2D eigenvalue weighted by Crippen LogP contribution is 2.42. The molecule has 6 fully saturated rings. The van der Waals surface area contributed by atoms with Crippen LogP contribution in [-0.4, -0.2) is 50.3 Å². The average Bonchev–Trinajstić information content (AvgIpc) is 3.21. The fraction of sp³-hybridized carbons (Fsp3) is 0.882. The molecule has 2 N–H and O–H groups in total. The molecule has 0 amide bonds. The van der Waals surface area contributed by atoms with E-state index in [2.05, 4.69) is 10.6 Å². The van der Waals surface area contributed by atoms with Gasteiger partial charge in [-0.15, -0.1) is 0 Å². The SMILES string of the molecule is CC(C)(COC(=O)[C@H]1[C@H]2CN[C@@H]1C2)COC(=O)[C@H]1[C@H]2CN[C@@H]1C2. The maximum Gasteiger partial charge on any atom is 0.310 e. The van der Waals surface area contributed by atoms with Crippen molar-refractivity contribution in [1.82, 2.24) is 10.6 Å². The normalized spacial score (nSPS) is 40.3. The first-order valence-corrected chi connectivity index (χ1v) is 8.75. The van der Waals surface area contributed by atoms with Crippen molar-refractivity contribution in [1.29, 1.82) is 0 Å². The van der Waals surface area contributed by atoms with Crippen LogP contribution in [0.25, 0.3) is 0 Å². The summed E-state index contributed by atoms with van der Waals surface area (Å²) in [6.07, 6.45) is 2.19. The van der Waals surface area contributed by atoms with Crippen LogP contribution in [0.2, 0.25) is 0 Å². The summed E-state index contributed by atoms with van der Waals surface area (Å²) in [6, 6.07) is 0.630. The van der Waals surface area contributed by atoms with E-state index in [-0.39, 0.29) is 29.2 Å². The van der Waals surface area contributed by atoms with Crippen LogP contribution < -0.4 is 10.6 Å². The van der Waals surface area contributed by atoms with Crippen molar-refractivity contribution in [2.45, 2.75) is 38.8 Å². The number of hydrogen-bond acceptors (Lipinski definition) is 6. The summed E-state index contributed by atoms with van der Waals surface area (Å²) < 4.78 is 11.0. The third-order valence-electron chi connectivity index (χ3n) is 6.04. The maximum absolute atomic E-state index is 12.2. The number of carbonyl (C=O) groups is 2. The molecule has 128 valence electrons. The number of fused-ring (bicyclic) bond motifs is 2. The average molecular weight is 322 g/mol. The zero-order chi connectivity index (χ0) is 16.2. The molecule has 2 aliphatic carbocycles. The number of nitrogens with one attached hydrogen (secondary N) is 2. The Labute approximate surface area is 136 Å². The fourth-order valence-electron chi connectivity index (χ4n) is 4.43. The first-order chi connectivity index (χ1) is 10.9. The molecule has 6 aliphatic rings. The second-order valence-corrected chi connectivity index (χ2v) is 8.45. The van der Waals surface area contributed by atoms with Crippen LogP contribution in [-0.2, 0) is 19.1 Å². The van der Waals surface area contributed by atoms with Gasteiger partial charge >= 0.3 is 11.9 Å². The molecule has 6 atom stereocenters. The van der Waals surface area contributed by atoms with Gasteiger partial charge in [0, 0.05) is 17.5 Å². The van der Waals surface area contributed by atoms with Crippen molar-refractivity contribution >= 4 is 11.9 Å². The molecule has 4 bridgehead atoms. The van der Waals surface area contributed by atoms with E-state index in [1.54, 1.807) is 0 Å². The topological polar surface area (TPSA) is 76.7 Å². The van der Waals surface area contributed by atoms with E-state index in [4.69, 9.17) is 9.47 Å². The van der Waals surface area contributed by atoms with Crippen molar-refractivity contribution in [2.24, 2.45) is 29.1 Å². The van der Waals surface area contributed by atoms with Crippen LogP contribution in [0.15, 0.2) is 0 Å². The third kappa shape index (κ3) is 2.66. The Hall–Kier alpha value is -1.14. The van der Waals surface area contributed by atoms with Crippen LogP contribution in [0.3, 0.4) is 0 Å². The van der Waals surface area contributed by atoms with Gasteiger partial charge in [0.05, 0.1) is 25.0 Å². The minimum atomic E-state index is -0.349. The smallest absolute Gasteiger partial charge is 0.310 e. The van der Waals surface area contributed by atoms with Crippen LogP contribution in [0.5, 0.6) is 0 Å². The zero-order valence-corrected chi connectivity index (χ0v) is 13.8. The van der Waals surface area contributed by atoms with Crippen molar-refractivity contribution < 1.29 is 19.1 Å². The van der Waals surface area contributed by atoms with Crippen molar-refractivity contribution in [3.8, 4) is 0 Å². The first kappa shape index (κ1) is 15.4. The summed E-state index contributed by atoms with van der Waals surface area (Å²) in [5.41, 5.74) is -0.349. The number of carbonyl (C=O) groups excluding carboxylic acids is 2. The molecule has 0 spiro atoms. The van der Waals surface area contributed by atoms with Gasteiger partial charge in [-0.3, -0.25) is 9.59 Å². The lowest BCUT2D eigenvalue weighted by Gasteiger charge is -2.34. The molecule has 0 aromatic carbocycles. The molecule has 6 heteroatoms. The molecule has 0 unspecified atom stereocenters. The third-order valence-corrected chi connectivity index (χ3v) is 6.04. The Morgan fingerprint density at radius 1 is 0.913 bits per heavy atom. The molecule has 2 saturated carbocycles. The highest BCUT2D eigenvalue weighted by molar-refractivity contribution is 5.76. The number of ether oxygens (including phenoxy) is 2. The van der Waals surface area contributed by atoms with Gasteiger partial charge in [-0.05, 0) is 37.8 Å². The Morgan fingerprint density at radius 2 is 1.35 bits per heavy atom. The predicted octanol–water partition coefficient (Wildman–Crippen LogP) is 0.315. The van der Waals surface area contributed by atoms with E-state index in [9.17, 15) is 9.59 Å². The van der Waals surface area contributed by atoms with E-state index < -0.39 is 0 Å². The summed E-state index contributed by atoms with van der Waals surface area (Å²) in [5.74, 6) is 0.772. The van der Waals surface area contributed by atoms with E-state index in [0.29, 0.717) is 37.1 Å². The molecular formula is C17H26N2O4. The van der Waals surface area contributed by atoms with Gasteiger partial charge in [0.2, 0.25) is 0 Å². The van der Waals surface area contributed by atoms with E-state index in [1.165, 1.54) is 0 Å². The van der Waals surface area contributed by atoms with Crippen LogP contribution in [0, 0.1) is 29.1 Å². The van der Waals surface area contributed by atoms with E-state index in [0.717, 1.165) is 25.9 Å². The lowest BCUT2D eigenvalue weighted by Crippen LogP contribution is -2.45. The van der Waals surface area contributed by atoms with Crippen molar-refractivity contribution in [2.75, 3.05) is 26.3 Å². The lowest BCUT2D eigenvalue weighted by atomic mass is 9.74. The molecule has 4 saturated heterocycles. The molecule has 6 rings (SSSR count). The molecule has 0 aromatic heterocycles. The molecule has 23 heavy (non-hydrogen) atoms. The van der Waals surface area contributed by atoms with Gasteiger partial charge in [0.1, 0.15) is 0 Å². The molecule has 0 radical (unpaired) electrons. The van der Waals surface area contributed by atoms with Gasteiger partial charge in [-0.25, -0.2) is 0 Å². The van der Waals surface area contributed by atoms with Crippen molar-refractivity contribution in [3.05, 3.63) is 0 Å². The fourth-order valence-corrected chi connectivity index (χ4v) is 4.43. The second kappa shape index (κ2) is 5.45. The second-order valence-electron chi connectivity index (χ2n) is 8.45. The minimum Gasteiger partial charge on any atom is -0.465 e. The summed E-state index contributed by atoms with van der Waals surface area (Å²) >= 11 is 0. The minimum absolute atomic E-state index is 0.0324. The van der Waals surface area contributed by atoms with Gasteiger partial charge in [-0.1, -0.05) is 13.8 Å². The van der Waals surface area contributed by atoms with Crippen LogP contribution in [0.4, 0.5) is 0 Å². The highest BCUT2D eigenvalue weighted by atomic mass is 16.5. The van der Waals surface area contributed by atoms with Gasteiger partial charge in [0.25, 0.3) is 0 Å². The molecule has 4 heterocycles. The molecule has 4 aliphatic heterocycles. The molecular weight excluding hydrogens is 296 g/mol. The van der Waals surface area contributed by atoms with E-state index >= 15 is 0 Å². The number of rotatable bonds is 6. The van der Waals surface area contributed by atoms with Crippen molar-refractivity contribution in [3.63, 3.8) is 0 Å². The lowest BCUT2D eigenvalue weighted by molar-refractivity contribution is -0.162. The number of esters is 2. The largest absolute Gasteiger partial charge is 0.465 e. The highest BCUT2D eigenvalue weighted by Gasteiger charge is 2.52. The Morgan fingerprint density at radius 3 is 1.65 bits per heavy atom. The monoisotopic (exact) mass is 322 g/mol. The molecule has 0 aromatic rings. The summed E-state index contributed by atoms with van der Waals surface area (Å²) in [7, 11) is 0. The maximum atomic E-state index is 12.2.